The Hall–Kier alpha value is -3.20. The third kappa shape index (κ3) is 4.70. The smallest absolute Gasteiger partial charge is 0.220 e. The van der Waals surface area contributed by atoms with Gasteiger partial charge in [0.25, 0.3) is 0 Å². The zero-order valence-corrected chi connectivity index (χ0v) is 15.9. The second kappa shape index (κ2) is 8.45. The van der Waals surface area contributed by atoms with Crippen LogP contribution in [0, 0.1) is 6.92 Å². The SMILES string of the molecule is COc1ccc(N/N=C(/Sc2nnnn2-c2ccc(C)cc2)C(C)=O)cc1. The van der Waals surface area contributed by atoms with Crippen LogP contribution in [0.1, 0.15) is 12.5 Å². The van der Waals surface area contributed by atoms with Crippen molar-refractivity contribution in [2.75, 3.05) is 12.5 Å². The van der Waals surface area contributed by atoms with E-state index in [-0.39, 0.29) is 10.8 Å². The summed E-state index contributed by atoms with van der Waals surface area (Å²) in [5.74, 6) is 0.544. The van der Waals surface area contributed by atoms with Crippen LogP contribution in [0.25, 0.3) is 5.69 Å². The Bertz CT molecular complexity index is 951. The molecule has 1 heterocycles. The maximum Gasteiger partial charge on any atom is 0.220 e. The number of rotatable bonds is 6. The third-order valence-electron chi connectivity index (χ3n) is 3.59. The average molecular weight is 382 g/mol. The fraction of sp³-hybridized carbons (Fsp3) is 0.167. The van der Waals surface area contributed by atoms with Gasteiger partial charge in [-0.05, 0) is 65.5 Å². The average Bonchev–Trinajstić information content (AvgIpc) is 3.14. The molecule has 8 nitrogen and oxygen atoms in total. The van der Waals surface area contributed by atoms with E-state index in [1.165, 1.54) is 6.92 Å². The first kappa shape index (κ1) is 18.6. The lowest BCUT2D eigenvalue weighted by atomic mass is 10.2. The summed E-state index contributed by atoms with van der Waals surface area (Å²) in [5, 5.41) is 16.6. The van der Waals surface area contributed by atoms with Gasteiger partial charge in [-0.25, -0.2) is 0 Å². The molecule has 3 aromatic rings. The fourth-order valence-corrected chi connectivity index (χ4v) is 2.85. The first-order chi connectivity index (χ1) is 13.1. The van der Waals surface area contributed by atoms with Crippen LogP contribution < -0.4 is 10.2 Å². The first-order valence-electron chi connectivity index (χ1n) is 8.09. The number of Topliss-reactive ketones (excluding diaryl/α,β-unsaturated/α-hetero) is 1. The number of hydrogen-bond donors (Lipinski definition) is 1. The summed E-state index contributed by atoms with van der Waals surface area (Å²) < 4.78 is 6.68. The Balaban J connectivity index is 1.79. The van der Waals surface area contributed by atoms with Crippen LogP contribution >= 0.6 is 11.8 Å². The number of aryl methyl sites for hydroxylation is 1. The molecule has 2 aromatic carbocycles. The van der Waals surface area contributed by atoms with Gasteiger partial charge in [0, 0.05) is 6.92 Å². The second-order valence-electron chi connectivity index (χ2n) is 5.62. The Morgan fingerprint density at radius 3 is 2.48 bits per heavy atom. The van der Waals surface area contributed by atoms with Crippen LogP contribution in [0.15, 0.2) is 58.8 Å². The lowest BCUT2D eigenvalue weighted by Gasteiger charge is -2.06. The molecule has 0 aliphatic carbocycles. The van der Waals surface area contributed by atoms with Gasteiger partial charge in [0.05, 0.1) is 18.5 Å². The Morgan fingerprint density at radius 2 is 1.85 bits per heavy atom. The van der Waals surface area contributed by atoms with Gasteiger partial charge in [0.15, 0.2) is 10.8 Å². The molecule has 3 rings (SSSR count). The van der Waals surface area contributed by atoms with Crippen LogP contribution in [0.5, 0.6) is 5.75 Å². The highest BCUT2D eigenvalue weighted by Crippen LogP contribution is 2.21. The third-order valence-corrected chi connectivity index (χ3v) is 4.59. The summed E-state index contributed by atoms with van der Waals surface area (Å²) in [6.07, 6.45) is 0. The molecule has 0 aliphatic rings. The molecule has 0 saturated carbocycles. The number of carbonyl (C=O) groups is 1. The van der Waals surface area contributed by atoms with Crippen molar-refractivity contribution < 1.29 is 9.53 Å². The largest absolute Gasteiger partial charge is 0.497 e. The maximum absolute atomic E-state index is 12.0. The molecule has 0 fully saturated rings. The lowest BCUT2D eigenvalue weighted by molar-refractivity contribution is -0.110. The van der Waals surface area contributed by atoms with Crippen molar-refractivity contribution in [3.05, 3.63) is 54.1 Å². The molecule has 0 spiro atoms. The number of ketones is 1. The van der Waals surface area contributed by atoms with Crippen molar-refractivity contribution in [3.8, 4) is 11.4 Å². The van der Waals surface area contributed by atoms with Crippen LogP contribution in [-0.2, 0) is 4.79 Å². The van der Waals surface area contributed by atoms with E-state index in [1.807, 2.05) is 31.2 Å². The number of tetrazole rings is 1. The molecule has 0 amide bonds. The van der Waals surface area contributed by atoms with Crippen molar-refractivity contribution >= 4 is 28.3 Å². The second-order valence-corrected chi connectivity index (χ2v) is 6.58. The lowest BCUT2D eigenvalue weighted by Crippen LogP contribution is -2.10. The number of carbonyl (C=O) groups excluding carboxylic acids is 1. The normalized spacial score (nSPS) is 11.3. The van der Waals surface area contributed by atoms with Gasteiger partial charge < -0.3 is 4.74 Å². The van der Waals surface area contributed by atoms with Crippen LogP contribution in [0.3, 0.4) is 0 Å². The van der Waals surface area contributed by atoms with E-state index in [0.29, 0.717) is 5.16 Å². The molecule has 9 heteroatoms. The van der Waals surface area contributed by atoms with E-state index in [4.69, 9.17) is 4.74 Å². The van der Waals surface area contributed by atoms with E-state index in [1.54, 1.807) is 36.1 Å². The number of anilines is 1. The minimum atomic E-state index is -0.195. The van der Waals surface area contributed by atoms with Gasteiger partial charge in [0.2, 0.25) is 5.16 Å². The highest BCUT2D eigenvalue weighted by Gasteiger charge is 2.16. The van der Waals surface area contributed by atoms with Gasteiger partial charge in [-0.15, -0.1) is 5.10 Å². The minimum Gasteiger partial charge on any atom is -0.497 e. The number of nitrogens with one attached hydrogen (secondary N) is 1. The van der Waals surface area contributed by atoms with Crippen molar-refractivity contribution in [2.45, 2.75) is 19.0 Å². The topological polar surface area (TPSA) is 94.3 Å². The zero-order chi connectivity index (χ0) is 19.2. The van der Waals surface area contributed by atoms with Crippen LogP contribution in [-0.4, -0.2) is 38.1 Å². The molecule has 27 heavy (non-hydrogen) atoms. The molecule has 0 saturated heterocycles. The van der Waals surface area contributed by atoms with E-state index in [2.05, 4.69) is 26.1 Å². The van der Waals surface area contributed by atoms with Crippen LogP contribution in [0.4, 0.5) is 5.69 Å². The molecule has 0 unspecified atom stereocenters. The van der Waals surface area contributed by atoms with Gasteiger partial charge in [-0.2, -0.15) is 9.78 Å². The van der Waals surface area contributed by atoms with E-state index in [9.17, 15) is 4.79 Å². The molecule has 0 radical (unpaired) electrons. The van der Waals surface area contributed by atoms with E-state index < -0.39 is 0 Å². The van der Waals surface area contributed by atoms with Gasteiger partial charge in [-0.1, -0.05) is 17.7 Å². The number of methoxy groups -OCH3 is 1. The molecular formula is C18H18N6O2S. The van der Waals surface area contributed by atoms with Crippen LogP contribution in [0.2, 0.25) is 0 Å². The molecule has 1 N–H and O–H groups in total. The molecule has 0 bridgehead atoms. The van der Waals surface area contributed by atoms with Crippen molar-refractivity contribution in [1.29, 1.82) is 0 Å². The Kier molecular flexibility index (Phi) is 5.82. The number of hydrazone groups is 1. The van der Waals surface area contributed by atoms with Crippen molar-refractivity contribution in [2.24, 2.45) is 5.10 Å². The first-order valence-corrected chi connectivity index (χ1v) is 8.90. The summed E-state index contributed by atoms with van der Waals surface area (Å²) in [7, 11) is 1.60. The van der Waals surface area contributed by atoms with Crippen molar-refractivity contribution in [1.82, 2.24) is 20.2 Å². The van der Waals surface area contributed by atoms with Gasteiger partial charge in [0.1, 0.15) is 5.75 Å². The number of aromatic nitrogens is 4. The summed E-state index contributed by atoms with van der Waals surface area (Å²) in [4.78, 5) is 12.0. The van der Waals surface area contributed by atoms with Gasteiger partial charge in [-0.3, -0.25) is 10.2 Å². The molecule has 0 aliphatic heterocycles. The molecule has 1 aromatic heterocycles. The maximum atomic E-state index is 12.0. The highest BCUT2D eigenvalue weighted by atomic mass is 32.2. The minimum absolute atomic E-state index is 0.195. The zero-order valence-electron chi connectivity index (χ0n) is 15.1. The summed E-state index contributed by atoms with van der Waals surface area (Å²) >= 11 is 1.10. The standard InChI is InChI=1S/C18H18N6O2S/c1-12-4-8-15(9-5-12)24-18(21-22-23-24)27-17(13(2)25)20-19-14-6-10-16(26-3)11-7-14/h4-11,19H,1-3H3/b20-17+. The monoisotopic (exact) mass is 382 g/mol. The van der Waals surface area contributed by atoms with Crippen molar-refractivity contribution in [3.63, 3.8) is 0 Å². The summed E-state index contributed by atoms with van der Waals surface area (Å²) in [5.41, 5.74) is 5.54. The molecule has 0 atom stereocenters. The summed E-state index contributed by atoms with van der Waals surface area (Å²) in [6, 6.07) is 15.0. The molecular weight excluding hydrogens is 364 g/mol. The number of benzene rings is 2. The Labute approximate surface area is 160 Å². The number of ether oxygens (including phenoxy) is 1. The predicted octanol–water partition coefficient (Wildman–Crippen LogP) is 3.09. The predicted molar refractivity (Wildman–Crippen MR) is 104 cm³/mol. The Morgan fingerprint density at radius 1 is 1.15 bits per heavy atom. The quantitative estimate of drug-likeness (QED) is 0.303. The molecule has 138 valence electrons. The highest BCUT2D eigenvalue weighted by molar-refractivity contribution is 8.15. The van der Waals surface area contributed by atoms with Gasteiger partial charge >= 0.3 is 0 Å². The fourth-order valence-electron chi connectivity index (χ4n) is 2.13. The van der Waals surface area contributed by atoms with E-state index >= 15 is 0 Å². The summed E-state index contributed by atoms with van der Waals surface area (Å²) in [6.45, 7) is 3.45. The number of hydrogen-bond acceptors (Lipinski definition) is 8. The number of thioether (sulfide) groups is 1. The number of nitrogens with zero attached hydrogens (tertiary/aromatic N) is 5. The van der Waals surface area contributed by atoms with E-state index in [0.717, 1.165) is 34.4 Å².